The Labute approximate surface area is 230 Å². The highest BCUT2D eigenvalue weighted by atomic mass is 19.3. The van der Waals surface area contributed by atoms with Gasteiger partial charge in [0.1, 0.15) is 11.6 Å². The fourth-order valence-corrected chi connectivity index (χ4v) is 4.88. The molecule has 2 aromatic carbocycles. The predicted octanol–water partition coefficient (Wildman–Crippen LogP) is 4.55. The summed E-state index contributed by atoms with van der Waals surface area (Å²) in [5.41, 5.74) is 2.23. The lowest BCUT2D eigenvalue weighted by Gasteiger charge is -2.26. The van der Waals surface area contributed by atoms with Gasteiger partial charge in [0, 0.05) is 61.2 Å². The van der Waals surface area contributed by atoms with Crippen molar-refractivity contribution in [3.63, 3.8) is 0 Å². The van der Waals surface area contributed by atoms with Crippen LogP contribution in [0, 0.1) is 11.6 Å². The Morgan fingerprint density at radius 1 is 0.927 bits per heavy atom. The molecular formula is C28H24F4N6O3. The van der Waals surface area contributed by atoms with E-state index in [0.717, 1.165) is 24.8 Å². The number of fused-ring (bicyclic) bond motifs is 1. The summed E-state index contributed by atoms with van der Waals surface area (Å²) in [4.78, 5) is 19.8. The minimum atomic E-state index is -2.95. The number of imidazole rings is 1. The van der Waals surface area contributed by atoms with E-state index >= 15 is 8.78 Å². The van der Waals surface area contributed by atoms with E-state index in [9.17, 15) is 13.6 Å². The van der Waals surface area contributed by atoms with Crippen LogP contribution >= 0.6 is 0 Å². The molecule has 4 heterocycles. The fourth-order valence-electron chi connectivity index (χ4n) is 4.88. The average molecular weight is 569 g/mol. The van der Waals surface area contributed by atoms with Gasteiger partial charge in [-0.15, -0.1) is 10.2 Å². The van der Waals surface area contributed by atoms with Crippen LogP contribution in [-0.2, 0) is 24.9 Å². The van der Waals surface area contributed by atoms with Crippen LogP contribution in [-0.4, -0.2) is 55.5 Å². The fraction of sp³-hybridized carbons (Fsp3) is 0.286. The molecule has 1 saturated heterocycles. The van der Waals surface area contributed by atoms with Gasteiger partial charge in [-0.2, -0.15) is 8.78 Å². The highest BCUT2D eigenvalue weighted by Gasteiger charge is 2.20. The number of ether oxygens (including phenoxy) is 1. The first-order valence-electron chi connectivity index (χ1n) is 12.8. The summed E-state index contributed by atoms with van der Waals surface area (Å²) in [6, 6.07) is 10.4. The van der Waals surface area contributed by atoms with Gasteiger partial charge in [-0.3, -0.25) is 19.0 Å². The highest BCUT2D eigenvalue weighted by Crippen LogP contribution is 2.29. The summed E-state index contributed by atoms with van der Waals surface area (Å²) in [5.74, 6) is -2.40. The number of halogens is 4. The molecule has 6 rings (SSSR count). The number of alkyl halides is 2. The van der Waals surface area contributed by atoms with Crippen LogP contribution in [0.4, 0.5) is 17.6 Å². The maximum Gasteiger partial charge on any atom is 0.329 e. The summed E-state index contributed by atoms with van der Waals surface area (Å²) in [7, 11) is 1.56. The monoisotopic (exact) mass is 568 g/mol. The van der Waals surface area contributed by atoms with Crippen molar-refractivity contribution in [1.29, 1.82) is 0 Å². The zero-order valence-electron chi connectivity index (χ0n) is 21.9. The van der Waals surface area contributed by atoms with Gasteiger partial charge in [-0.25, -0.2) is 13.6 Å². The second-order valence-electron chi connectivity index (χ2n) is 9.73. The average Bonchev–Trinajstić information content (AvgIpc) is 3.55. The topological polar surface area (TPSA) is 91.2 Å². The molecule has 41 heavy (non-hydrogen) atoms. The predicted molar refractivity (Wildman–Crippen MR) is 140 cm³/mol. The number of benzene rings is 2. The first kappa shape index (κ1) is 26.8. The molecule has 1 fully saturated rings. The molecule has 3 aromatic heterocycles. The van der Waals surface area contributed by atoms with Crippen molar-refractivity contribution in [2.75, 3.05) is 26.3 Å². The standard InChI is InChI=1S/C28H24F4N6O3/c1-36-23-11-20(17-4-5-19(33-13-17)15-37-6-8-40-9-7-37)22(30)12-24(23)38(28(36)39)14-18-3-2-16(10-21(18)29)26-34-35-27(41-26)25(31)32/h2-5,10-13,25H,6-9,14-15H2,1H3. The second-order valence-corrected chi connectivity index (χ2v) is 9.73. The van der Waals surface area contributed by atoms with Crippen molar-refractivity contribution in [2.24, 2.45) is 7.05 Å². The molecule has 0 saturated carbocycles. The van der Waals surface area contributed by atoms with Crippen molar-refractivity contribution in [1.82, 2.24) is 29.2 Å². The third-order valence-electron chi connectivity index (χ3n) is 7.12. The van der Waals surface area contributed by atoms with Gasteiger partial charge >= 0.3 is 12.1 Å². The van der Waals surface area contributed by atoms with E-state index in [2.05, 4.69) is 20.1 Å². The Hall–Kier alpha value is -4.36. The molecule has 0 aliphatic carbocycles. The SMILES string of the molecule is Cn1c(=O)n(Cc2ccc(-c3nnc(C(F)F)o3)cc2F)c2cc(F)c(-c3ccc(CN4CCOCC4)nc3)cc21. The summed E-state index contributed by atoms with van der Waals surface area (Å²) in [6.07, 6.45) is -1.34. The molecule has 0 radical (unpaired) electrons. The molecule has 0 atom stereocenters. The lowest BCUT2D eigenvalue weighted by molar-refractivity contribution is 0.0336. The van der Waals surface area contributed by atoms with Crippen molar-refractivity contribution < 1.29 is 26.7 Å². The van der Waals surface area contributed by atoms with E-state index in [-0.39, 0.29) is 34.6 Å². The normalized spacial score (nSPS) is 14.4. The zero-order valence-corrected chi connectivity index (χ0v) is 21.9. The van der Waals surface area contributed by atoms with Gasteiger partial charge in [0.2, 0.25) is 5.89 Å². The van der Waals surface area contributed by atoms with Gasteiger partial charge in [0.15, 0.2) is 0 Å². The molecule has 1 aliphatic rings. The Bertz CT molecular complexity index is 1770. The van der Waals surface area contributed by atoms with E-state index in [1.807, 2.05) is 6.07 Å². The number of aryl methyl sites for hydroxylation is 1. The van der Waals surface area contributed by atoms with Crippen molar-refractivity contribution in [3.8, 4) is 22.6 Å². The molecule has 0 unspecified atom stereocenters. The summed E-state index contributed by atoms with van der Waals surface area (Å²) in [5, 5.41) is 6.76. The van der Waals surface area contributed by atoms with Gasteiger partial charge in [0.05, 0.1) is 36.5 Å². The van der Waals surface area contributed by atoms with Crippen LogP contribution in [0.1, 0.15) is 23.6 Å². The van der Waals surface area contributed by atoms with Crippen molar-refractivity contribution in [3.05, 3.63) is 87.9 Å². The number of pyridine rings is 1. The molecule has 9 nitrogen and oxygen atoms in total. The third kappa shape index (κ3) is 5.25. The van der Waals surface area contributed by atoms with Crippen LogP contribution in [0.5, 0.6) is 0 Å². The Kier molecular flexibility index (Phi) is 7.14. The lowest BCUT2D eigenvalue weighted by atomic mass is 10.1. The van der Waals surface area contributed by atoms with Gasteiger partial charge in [-0.1, -0.05) is 12.1 Å². The van der Waals surface area contributed by atoms with Crippen molar-refractivity contribution in [2.45, 2.75) is 19.5 Å². The number of hydrogen-bond acceptors (Lipinski definition) is 7. The maximum absolute atomic E-state index is 15.4. The summed E-state index contributed by atoms with van der Waals surface area (Å²) in [6.45, 7) is 3.51. The van der Waals surface area contributed by atoms with Crippen LogP contribution in [0.15, 0.2) is 57.9 Å². The van der Waals surface area contributed by atoms with E-state index < -0.39 is 29.6 Å². The molecule has 5 aromatic rings. The van der Waals surface area contributed by atoms with E-state index in [1.54, 1.807) is 25.4 Å². The Morgan fingerprint density at radius 3 is 2.39 bits per heavy atom. The van der Waals surface area contributed by atoms with Gasteiger partial charge in [0.25, 0.3) is 5.89 Å². The number of aromatic nitrogens is 5. The third-order valence-corrected chi connectivity index (χ3v) is 7.12. The minimum absolute atomic E-state index is 0.108. The largest absolute Gasteiger partial charge is 0.415 e. The zero-order chi connectivity index (χ0) is 28.7. The first-order chi connectivity index (χ1) is 19.8. The smallest absolute Gasteiger partial charge is 0.329 e. The van der Waals surface area contributed by atoms with Crippen LogP contribution < -0.4 is 5.69 Å². The molecule has 0 bridgehead atoms. The van der Waals surface area contributed by atoms with Gasteiger partial charge < -0.3 is 9.15 Å². The summed E-state index contributed by atoms with van der Waals surface area (Å²) >= 11 is 0. The number of nitrogens with zero attached hydrogens (tertiary/aromatic N) is 6. The van der Waals surface area contributed by atoms with E-state index in [1.165, 1.54) is 27.3 Å². The Morgan fingerprint density at radius 2 is 1.71 bits per heavy atom. The number of rotatable bonds is 7. The van der Waals surface area contributed by atoms with E-state index in [0.29, 0.717) is 30.8 Å². The summed E-state index contributed by atoms with van der Waals surface area (Å²) < 4.78 is 68.8. The molecule has 0 amide bonds. The molecular weight excluding hydrogens is 544 g/mol. The molecule has 212 valence electrons. The van der Waals surface area contributed by atoms with Crippen LogP contribution in [0.2, 0.25) is 0 Å². The Balaban J connectivity index is 1.27. The van der Waals surface area contributed by atoms with Crippen molar-refractivity contribution >= 4 is 11.0 Å². The first-order valence-corrected chi connectivity index (χ1v) is 12.8. The molecule has 0 spiro atoms. The maximum atomic E-state index is 15.4. The van der Waals surface area contributed by atoms with Gasteiger partial charge in [-0.05, 0) is 24.3 Å². The van der Waals surface area contributed by atoms with E-state index in [4.69, 9.17) is 9.15 Å². The van der Waals surface area contributed by atoms with Crippen LogP contribution in [0.3, 0.4) is 0 Å². The quantitative estimate of drug-likeness (QED) is 0.266. The lowest BCUT2D eigenvalue weighted by Crippen LogP contribution is -2.35. The molecule has 0 N–H and O–H groups in total. The van der Waals surface area contributed by atoms with Crippen LogP contribution in [0.25, 0.3) is 33.6 Å². The second kappa shape index (κ2) is 10.9. The number of hydrogen-bond donors (Lipinski definition) is 0. The molecule has 13 heteroatoms. The highest BCUT2D eigenvalue weighted by molar-refractivity contribution is 5.83. The minimum Gasteiger partial charge on any atom is -0.415 e. The molecule has 1 aliphatic heterocycles. The number of morpholine rings is 1.